The van der Waals surface area contributed by atoms with Crippen LogP contribution in [0.15, 0.2) is 42.5 Å². The van der Waals surface area contributed by atoms with Crippen LogP contribution >= 0.6 is 0 Å². The van der Waals surface area contributed by atoms with E-state index in [9.17, 15) is 0 Å². The van der Waals surface area contributed by atoms with Gasteiger partial charge >= 0.3 is 0 Å². The maximum atomic E-state index is 6.40. The molecule has 2 aromatic carbocycles. The molecule has 1 saturated carbocycles. The first-order chi connectivity index (χ1) is 7.71. The molecule has 0 spiro atoms. The Bertz CT molecular complexity index is 520. The Labute approximate surface area is 96.3 Å². The van der Waals surface area contributed by atoms with Gasteiger partial charge in [0.2, 0.25) is 0 Å². The van der Waals surface area contributed by atoms with Gasteiger partial charge in [-0.15, -0.1) is 0 Å². The Morgan fingerprint density at radius 1 is 1.06 bits per heavy atom. The molecule has 0 aromatic heterocycles. The van der Waals surface area contributed by atoms with Crippen molar-refractivity contribution in [1.29, 1.82) is 0 Å². The van der Waals surface area contributed by atoms with Crippen LogP contribution in [0.1, 0.15) is 31.4 Å². The average Bonchev–Trinajstić information content (AvgIpc) is 3.07. The smallest absolute Gasteiger partial charge is 0.0355 e. The van der Waals surface area contributed by atoms with E-state index in [1.807, 2.05) is 0 Å². The van der Waals surface area contributed by atoms with E-state index in [2.05, 4.69) is 49.4 Å². The molecule has 0 bridgehead atoms. The molecule has 1 nitrogen and oxygen atoms in total. The monoisotopic (exact) mass is 211 g/mol. The van der Waals surface area contributed by atoms with Crippen molar-refractivity contribution >= 4 is 10.8 Å². The summed E-state index contributed by atoms with van der Waals surface area (Å²) in [7, 11) is 0. The Hall–Kier alpha value is -1.34. The summed E-state index contributed by atoms with van der Waals surface area (Å²) < 4.78 is 0. The Balaban J connectivity index is 2.16. The number of hydrogen-bond acceptors (Lipinski definition) is 1. The fourth-order valence-electron chi connectivity index (χ4n) is 2.41. The minimum Gasteiger partial charge on any atom is -0.323 e. The molecule has 1 unspecified atom stereocenters. The largest absolute Gasteiger partial charge is 0.323 e. The summed E-state index contributed by atoms with van der Waals surface area (Å²) in [5.74, 6) is 0. The van der Waals surface area contributed by atoms with Gasteiger partial charge in [0.1, 0.15) is 0 Å². The van der Waals surface area contributed by atoms with Gasteiger partial charge in [0.15, 0.2) is 0 Å². The molecule has 1 atom stereocenters. The lowest BCUT2D eigenvalue weighted by molar-refractivity contribution is 0.453. The van der Waals surface area contributed by atoms with Gasteiger partial charge in [0, 0.05) is 6.04 Å². The van der Waals surface area contributed by atoms with Crippen LogP contribution in [-0.4, -0.2) is 0 Å². The number of benzene rings is 2. The van der Waals surface area contributed by atoms with Gasteiger partial charge < -0.3 is 5.73 Å². The second-order valence-electron chi connectivity index (χ2n) is 5.20. The van der Waals surface area contributed by atoms with Gasteiger partial charge in [0.05, 0.1) is 0 Å². The quantitative estimate of drug-likeness (QED) is 0.806. The molecule has 2 N–H and O–H groups in total. The zero-order valence-electron chi connectivity index (χ0n) is 9.61. The second-order valence-corrected chi connectivity index (χ2v) is 5.20. The minimum atomic E-state index is 0.179. The summed E-state index contributed by atoms with van der Waals surface area (Å²) in [6.45, 7) is 2.29. The Kier molecular flexibility index (Phi) is 2.05. The highest BCUT2D eigenvalue weighted by molar-refractivity contribution is 5.86. The predicted molar refractivity (Wildman–Crippen MR) is 68.2 cm³/mol. The lowest BCUT2D eigenvalue weighted by Crippen LogP contribution is -2.20. The first-order valence-corrected chi connectivity index (χ1v) is 5.94. The van der Waals surface area contributed by atoms with Gasteiger partial charge in [-0.05, 0) is 34.6 Å². The standard InChI is InChI=1S/C15H17N/c1-15(9-10-15)14(16)13-8-4-6-11-5-2-3-7-12(11)13/h2-8,14H,9-10,16H2,1H3. The lowest BCUT2D eigenvalue weighted by Gasteiger charge is -2.20. The number of hydrogen-bond donors (Lipinski definition) is 1. The Morgan fingerprint density at radius 3 is 2.50 bits per heavy atom. The summed E-state index contributed by atoms with van der Waals surface area (Å²) in [4.78, 5) is 0. The highest BCUT2D eigenvalue weighted by Gasteiger charge is 2.43. The second kappa shape index (κ2) is 3.33. The van der Waals surface area contributed by atoms with E-state index < -0.39 is 0 Å². The zero-order valence-corrected chi connectivity index (χ0v) is 9.61. The first-order valence-electron chi connectivity index (χ1n) is 5.94. The van der Waals surface area contributed by atoms with Crippen molar-refractivity contribution in [2.45, 2.75) is 25.8 Å². The molecule has 16 heavy (non-hydrogen) atoms. The lowest BCUT2D eigenvalue weighted by atomic mass is 9.89. The SMILES string of the molecule is CC1(C(N)c2cccc3ccccc23)CC1. The van der Waals surface area contributed by atoms with Crippen molar-refractivity contribution in [2.24, 2.45) is 11.1 Å². The van der Waals surface area contributed by atoms with Gasteiger partial charge in [-0.3, -0.25) is 0 Å². The van der Waals surface area contributed by atoms with Crippen LogP contribution in [0.3, 0.4) is 0 Å². The summed E-state index contributed by atoms with van der Waals surface area (Å²) in [5.41, 5.74) is 8.04. The summed E-state index contributed by atoms with van der Waals surface area (Å²) in [5, 5.41) is 2.60. The van der Waals surface area contributed by atoms with E-state index in [0.717, 1.165) is 0 Å². The molecule has 0 amide bonds. The van der Waals surface area contributed by atoms with Crippen LogP contribution in [0.2, 0.25) is 0 Å². The summed E-state index contributed by atoms with van der Waals surface area (Å²) in [6, 6.07) is 15.1. The van der Waals surface area contributed by atoms with Crippen molar-refractivity contribution in [3.05, 3.63) is 48.0 Å². The molecule has 0 radical (unpaired) electrons. The predicted octanol–water partition coefficient (Wildman–Crippen LogP) is 3.64. The zero-order chi connectivity index (χ0) is 11.2. The molecule has 1 aliphatic carbocycles. The third-order valence-electron chi connectivity index (χ3n) is 3.95. The third kappa shape index (κ3) is 1.43. The number of rotatable bonds is 2. The van der Waals surface area contributed by atoms with Crippen LogP contribution in [-0.2, 0) is 0 Å². The summed E-state index contributed by atoms with van der Waals surface area (Å²) in [6.07, 6.45) is 2.52. The molecule has 1 fully saturated rings. The van der Waals surface area contributed by atoms with E-state index in [0.29, 0.717) is 5.41 Å². The van der Waals surface area contributed by atoms with Crippen LogP contribution in [0.5, 0.6) is 0 Å². The fourth-order valence-corrected chi connectivity index (χ4v) is 2.41. The van der Waals surface area contributed by atoms with E-state index in [1.54, 1.807) is 0 Å². The first kappa shape index (κ1) is 9.86. The molecule has 3 rings (SSSR count). The van der Waals surface area contributed by atoms with Gasteiger partial charge in [-0.25, -0.2) is 0 Å². The molecular formula is C15H17N. The maximum absolute atomic E-state index is 6.40. The van der Waals surface area contributed by atoms with E-state index in [1.165, 1.54) is 29.2 Å². The van der Waals surface area contributed by atoms with Crippen LogP contribution in [0.4, 0.5) is 0 Å². The topological polar surface area (TPSA) is 26.0 Å². The van der Waals surface area contributed by atoms with E-state index >= 15 is 0 Å². The van der Waals surface area contributed by atoms with Crippen molar-refractivity contribution in [1.82, 2.24) is 0 Å². The maximum Gasteiger partial charge on any atom is 0.0355 e. The molecule has 82 valence electrons. The van der Waals surface area contributed by atoms with E-state index in [-0.39, 0.29) is 6.04 Å². The minimum absolute atomic E-state index is 0.179. The molecule has 1 aliphatic rings. The van der Waals surface area contributed by atoms with E-state index in [4.69, 9.17) is 5.73 Å². The highest BCUT2D eigenvalue weighted by atomic mass is 14.7. The van der Waals surface area contributed by atoms with Crippen LogP contribution in [0.25, 0.3) is 10.8 Å². The van der Waals surface area contributed by atoms with Crippen LogP contribution in [0, 0.1) is 5.41 Å². The van der Waals surface area contributed by atoms with Crippen molar-refractivity contribution in [3.8, 4) is 0 Å². The number of nitrogens with two attached hydrogens (primary N) is 1. The van der Waals surface area contributed by atoms with Crippen molar-refractivity contribution < 1.29 is 0 Å². The normalized spacial score (nSPS) is 19.6. The molecule has 0 saturated heterocycles. The molecule has 0 heterocycles. The highest BCUT2D eigenvalue weighted by Crippen LogP contribution is 2.53. The molecule has 0 aliphatic heterocycles. The number of fused-ring (bicyclic) bond motifs is 1. The molecule has 2 aromatic rings. The van der Waals surface area contributed by atoms with Crippen molar-refractivity contribution in [2.75, 3.05) is 0 Å². The average molecular weight is 211 g/mol. The molecular weight excluding hydrogens is 194 g/mol. The summed E-state index contributed by atoms with van der Waals surface area (Å²) >= 11 is 0. The van der Waals surface area contributed by atoms with Gasteiger partial charge in [0.25, 0.3) is 0 Å². The Morgan fingerprint density at radius 2 is 1.75 bits per heavy atom. The van der Waals surface area contributed by atoms with Gasteiger partial charge in [-0.1, -0.05) is 49.4 Å². The third-order valence-corrected chi connectivity index (χ3v) is 3.95. The van der Waals surface area contributed by atoms with Gasteiger partial charge in [-0.2, -0.15) is 0 Å². The van der Waals surface area contributed by atoms with Crippen molar-refractivity contribution in [3.63, 3.8) is 0 Å². The fraction of sp³-hybridized carbons (Fsp3) is 0.333. The van der Waals surface area contributed by atoms with Crippen LogP contribution < -0.4 is 5.73 Å². The molecule has 1 heteroatoms.